The standard InChI is InChI=1S/C14H23NO2/c1-4-16-11-17-14-7-5-6-13(8-14)10-15-9-12(2)3/h5-8,12,15H,4,9-11H2,1-3H3. The lowest BCUT2D eigenvalue weighted by molar-refractivity contribution is 0.0224. The van der Waals surface area contributed by atoms with Gasteiger partial charge in [0.2, 0.25) is 0 Å². The molecule has 0 amide bonds. The maximum absolute atomic E-state index is 5.46. The van der Waals surface area contributed by atoms with Crippen LogP contribution in [0.25, 0.3) is 0 Å². The fourth-order valence-corrected chi connectivity index (χ4v) is 1.44. The van der Waals surface area contributed by atoms with Crippen LogP contribution in [0.1, 0.15) is 26.3 Å². The van der Waals surface area contributed by atoms with Crippen molar-refractivity contribution in [3.8, 4) is 5.75 Å². The van der Waals surface area contributed by atoms with E-state index in [1.165, 1.54) is 5.56 Å². The average Bonchev–Trinajstić information content (AvgIpc) is 2.29. The maximum Gasteiger partial charge on any atom is 0.189 e. The predicted molar refractivity (Wildman–Crippen MR) is 70.1 cm³/mol. The monoisotopic (exact) mass is 237 g/mol. The highest BCUT2D eigenvalue weighted by Crippen LogP contribution is 2.13. The lowest BCUT2D eigenvalue weighted by atomic mass is 10.2. The Morgan fingerprint density at radius 1 is 1.29 bits per heavy atom. The normalized spacial score (nSPS) is 10.8. The summed E-state index contributed by atoms with van der Waals surface area (Å²) in [6.45, 7) is 9.27. The second-order valence-corrected chi connectivity index (χ2v) is 4.43. The summed E-state index contributed by atoms with van der Waals surface area (Å²) in [7, 11) is 0. The molecule has 1 aromatic rings. The molecule has 0 aliphatic heterocycles. The first-order valence-corrected chi connectivity index (χ1v) is 6.22. The van der Waals surface area contributed by atoms with Crippen LogP contribution in [0.4, 0.5) is 0 Å². The maximum atomic E-state index is 5.46. The van der Waals surface area contributed by atoms with E-state index in [0.29, 0.717) is 19.3 Å². The molecule has 1 aromatic carbocycles. The molecule has 0 unspecified atom stereocenters. The molecular weight excluding hydrogens is 214 g/mol. The molecular formula is C14H23NO2. The summed E-state index contributed by atoms with van der Waals surface area (Å²) in [6, 6.07) is 8.10. The molecule has 0 saturated heterocycles. The lowest BCUT2D eigenvalue weighted by Crippen LogP contribution is -2.18. The Balaban J connectivity index is 2.37. The van der Waals surface area contributed by atoms with Crippen LogP contribution in [-0.4, -0.2) is 19.9 Å². The van der Waals surface area contributed by atoms with Crippen molar-refractivity contribution in [1.29, 1.82) is 0 Å². The summed E-state index contributed by atoms with van der Waals surface area (Å²) in [5, 5.41) is 3.41. The van der Waals surface area contributed by atoms with E-state index in [2.05, 4.69) is 25.2 Å². The van der Waals surface area contributed by atoms with E-state index in [1.54, 1.807) is 0 Å². The fraction of sp³-hybridized carbons (Fsp3) is 0.571. The van der Waals surface area contributed by atoms with Crippen LogP contribution < -0.4 is 10.1 Å². The van der Waals surface area contributed by atoms with E-state index in [0.717, 1.165) is 18.8 Å². The van der Waals surface area contributed by atoms with E-state index >= 15 is 0 Å². The summed E-state index contributed by atoms with van der Waals surface area (Å²) in [6.07, 6.45) is 0. The van der Waals surface area contributed by atoms with Crippen molar-refractivity contribution in [2.24, 2.45) is 5.92 Å². The smallest absolute Gasteiger partial charge is 0.189 e. The van der Waals surface area contributed by atoms with Crippen molar-refractivity contribution in [3.05, 3.63) is 29.8 Å². The third kappa shape index (κ3) is 6.29. The molecule has 0 aromatic heterocycles. The van der Waals surface area contributed by atoms with Gasteiger partial charge in [-0.2, -0.15) is 0 Å². The molecule has 0 saturated carbocycles. The summed E-state index contributed by atoms with van der Waals surface area (Å²) in [5.41, 5.74) is 1.24. The van der Waals surface area contributed by atoms with Gasteiger partial charge in [0.15, 0.2) is 6.79 Å². The quantitative estimate of drug-likeness (QED) is 0.557. The Morgan fingerprint density at radius 2 is 2.12 bits per heavy atom. The highest BCUT2D eigenvalue weighted by Gasteiger charge is 1.98. The van der Waals surface area contributed by atoms with Gasteiger partial charge in [-0.05, 0) is 37.1 Å². The first kappa shape index (κ1) is 14.0. The molecule has 3 nitrogen and oxygen atoms in total. The molecule has 96 valence electrons. The predicted octanol–water partition coefficient (Wildman–Crippen LogP) is 2.81. The van der Waals surface area contributed by atoms with E-state index in [-0.39, 0.29) is 0 Å². The van der Waals surface area contributed by atoms with E-state index in [1.807, 2.05) is 25.1 Å². The molecule has 1 N–H and O–H groups in total. The van der Waals surface area contributed by atoms with Crippen LogP contribution in [0.3, 0.4) is 0 Å². The van der Waals surface area contributed by atoms with E-state index in [9.17, 15) is 0 Å². The Hall–Kier alpha value is -1.06. The SMILES string of the molecule is CCOCOc1cccc(CNCC(C)C)c1. The highest BCUT2D eigenvalue weighted by molar-refractivity contribution is 5.28. The van der Waals surface area contributed by atoms with Gasteiger partial charge in [-0.3, -0.25) is 0 Å². The average molecular weight is 237 g/mol. The number of benzene rings is 1. The van der Waals surface area contributed by atoms with Crippen molar-refractivity contribution < 1.29 is 9.47 Å². The number of hydrogen-bond donors (Lipinski definition) is 1. The van der Waals surface area contributed by atoms with Crippen molar-refractivity contribution in [2.45, 2.75) is 27.3 Å². The Kier molecular flexibility index (Phi) is 6.67. The van der Waals surface area contributed by atoms with Crippen LogP contribution in [0.2, 0.25) is 0 Å². The number of ether oxygens (including phenoxy) is 2. The lowest BCUT2D eigenvalue weighted by Gasteiger charge is -2.09. The van der Waals surface area contributed by atoms with Crippen molar-refractivity contribution in [3.63, 3.8) is 0 Å². The van der Waals surface area contributed by atoms with Crippen LogP contribution in [0.15, 0.2) is 24.3 Å². The number of nitrogens with one attached hydrogen (secondary N) is 1. The van der Waals surface area contributed by atoms with Crippen LogP contribution >= 0.6 is 0 Å². The molecule has 1 rings (SSSR count). The third-order valence-electron chi connectivity index (χ3n) is 2.29. The zero-order valence-corrected chi connectivity index (χ0v) is 11.0. The molecule has 0 heterocycles. The van der Waals surface area contributed by atoms with Crippen molar-refractivity contribution in [2.75, 3.05) is 19.9 Å². The molecule has 0 bridgehead atoms. The molecule has 0 radical (unpaired) electrons. The van der Waals surface area contributed by atoms with E-state index in [4.69, 9.17) is 9.47 Å². The molecule has 17 heavy (non-hydrogen) atoms. The van der Waals surface area contributed by atoms with Gasteiger partial charge in [0.1, 0.15) is 5.75 Å². The van der Waals surface area contributed by atoms with Gasteiger partial charge in [-0.1, -0.05) is 26.0 Å². The van der Waals surface area contributed by atoms with Gasteiger partial charge in [0.25, 0.3) is 0 Å². The number of hydrogen-bond acceptors (Lipinski definition) is 3. The topological polar surface area (TPSA) is 30.5 Å². The van der Waals surface area contributed by atoms with Crippen LogP contribution in [0, 0.1) is 5.92 Å². The van der Waals surface area contributed by atoms with Gasteiger partial charge in [-0.25, -0.2) is 0 Å². The molecule has 0 fully saturated rings. The summed E-state index contributed by atoms with van der Waals surface area (Å²) < 4.78 is 10.6. The Labute approximate surface area is 104 Å². The van der Waals surface area contributed by atoms with Crippen molar-refractivity contribution >= 4 is 0 Å². The molecule has 0 spiro atoms. The summed E-state index contributed by atoms with van der Waals surface area (Å²) in [4.78, 5) is 0. The minimum Gasteiger partial charge on any atom is -0.468 e. The van der Waals surface area contributed by atoms with Gasteiger partial charge < -0.3 is 14.8 Å². The first-order chi connectivity index (χ1) is 8.22. The highest BCUT2D eigenvalue weighted by atomic mass is 16.7. The first-order valence-electron chi connectivity index (χ1n) is 6.22. The van der Waals surface area contributed by atoms with Gasteiger partial charge in [0, 0.05) is 13.2 Å². The van der Waals surface area contributed by atoms with Crippen LogP contribution in [-0.2, 0) is 11.3 Å². The zero-order valence-electron chi connectivity index (χ0n) is 11.0. The second kappa shape index (κ2) is 8.09. The molecule has 0 aliphatic rings. The Bertz CT molecular complexity index is 313. The summed E-state index contributed by atoms with van der Waals surface area (Å²) >= 11 is 0. The van der Waals surface area contributed by atoms with Crippen molar-refractivity contribution in [1.82, 2.24) is 5.32 Å². The molecule has 0 aliphatic carbocycles. The second-order valence-electron chi connectivity index (χ2n) is 4.43. The molecule has 0 atom stereocenters. The third-order valence-corrected chi connectivity index (χ3v) is 2.29. The van der Waals surface area contributed by atoms with E-state index < -0.39 is 0 Å². The summed E-state index contributed by atoms with van der Waals surface area (Å²) in [5.74, 6) is 1.54. The minimum atomic E-state index is 0.319. The van der Waals surface area contributed by atoms with Crippen LogP contribution in [0.5, 0.6) is 5.75 Å². The number of rotatable bonds is 8. The van der Waals surface area contributed by atoms with Gasteiger partial charge in [0.05, 0.1) is 0 Å². The van der Waals surface area contributed by atoms with Gasteiger partial charge in [-0.15, -0.1) is 0 Å². The Morgan fingerprint density at radius 3 is 2.82 bits per heavy atom. The zero-order chi connectivity index (χ0) is 12.5. The minimum absolute atomic E-state index is 0.319. The molecule has 3 heteroatoms. The van der Waals surface area contributed by atoms with Gasteiger partial charge >= 0.3 is 0 Å². The fourth-order valence-electron chi connectivity index (χ4n) is 1.44. The largest absolute Gasteiger partial charge is 0.468 e.